The Balaban J connectivity index is 1.51. The molecule has 0 N–H and O–H groups in total. The molecule has 11 heteroatoms. The standard InChI is InChI=1S/C20H20F3N5O2S/c1-15-24-18(26-7-2-3-8-26)14-19(25-15)27-9-11-28(12-10-27)31(29,30)17-6-4-5-16(13-17)20(21,22)23/h2-8,13-14H,9-12H2,1H3. The molecule has 1 saturated heterocycles. The Morgan fingerprint density at radius 3 is 2.19 bits per heavy atom. The summed E-state index contributed by atoms with van der Waals surface area (Å²) in [5.74, 6) is 1.96. The molecule has 0 bridgehead atoms. The molecule has 0 saturated carbocycles. The van der Waals surface area contributed by atoms with Crippen molar-refractivity contribution in [2.45, 2.75) is 18.0 Å². The van der Waals surface area contributed by atoms with Crippen molar-refractivity contribution in [3.05, 3.63) is 66.2 Å². The highest BCUT2D eigenvalue weighted by Crippen LogP contribution is 2.31. The zero-order valence-corrected chi connectivity index (χ0v) is 17.4. The van der Waals surface area contributed by atoms with Crippen molar-refractivity contribution >= 4 is 15.8 Å². The maximum absolute atomic E-state index is 13.0. The molecule has 1 aromatic carbocycles. The summed E-state index contributed by atoms with van der Waals surface area (Å²) in [4.78, 5) is 10.5. The molecule has 0 atom stereocenters. The van der Waals surface area contributed by atoms with Crippen LogP contribution >= 0.6 is 0 Å². The molecule has 0 spiro atoms. The number of aryl methyl sites for hydroxylation is 1. The fraction of sp³-hybridized carbons (Fsp3) is 0.300. The van der Waals surface area contributed by atoms with Gasteiger partial charge in [-0.2, -0.15) is 17.5 Å². The van der Waals surface area contributed by atoms with Gasteiger partial charge in [-0.1, -0.05) is 6.07 Å². The van der Waals surface area contributed by atoms with Crippen molar-refractivity contribution in [2.75, 3.05) is 31.1 Å². The minimum Gasteiger partial charge on any atom is -0.354 e. The van der Waals surface area contributed by atoms with Crippen LogP contribution in [0.15, 0.2) is 59.8 Å². The maximum atomic E-state index is 13.0. The summed E-state index contributed by atoms with van der Waals surface area (Å²) >= 11 is 0. The van der Waals surface area contributed by atoms with E-state index < -0.39 is 21.8 Å². The van der Waals surface area contributed by atoms with Crippen LogP contribution in [0.5, 0.6) is 0 Å². The van der Waals surface area contributed by atoms with Crippen LogP contribution in [0.4, 0.5) is 19.0 Å². The number of alkyl halides is 3. The zero-order chi connectivity index (χ0) is 22.2. The van der Waals surface area contributed by atoms with Crippen LogP contribution < -0.4 is 4.90 Å². The molecule has 1 aliphatic heterocycles. The number of hydrogen-bond acceptors (Lipinski definition) is 5. The minimum atomic E-state index is -4.60. The average molecular weight is 451 g/mol. The molecule has 3 heterocycles. The van der Waals surface area contributed by atoms with Crippen LogP contribution in [-0.4, -0.2) is 53.4 Å². The van der Waals surface area contributed by atoms with E-state index in [2.05, 4.69) is 9.97 Å². The topological polar surface area (TPSA) is 71.3 Å². The highest BCUT2D eigenvalue weighted by molar-refractivity contribution is 7.89. The molecule has 3 aromatic rings. The maximum Gasteiger partial charge on any atom is 0.416 e. The third-order valence-corrected chi connectivity index (χ3v) is 6.94. The van der Waals surface area contributed by atoms with Crippen LogP contribution in [0.2, 0.25) is 0 Å². The predicted octanol–water partition coefficient (Wildman–Crippen LogP) is 3.11. The molecule has 164 valence electrons. The van der Waals surface area contributed by atoms with Crippen LogP contribution in [0, 0.1) is 6.92 Å². The average Bonchev–Trinajstić information content (AvgIpc) is 3.28. The number of nitrogens with zero attached hydrogens (tertiary/aromatic N) is 5. The van der Waals surface area contributed by atoms with E-state index in [4.69, 9.17) is 0 Å². The van der Waals surface area contributed by atoms with Gasteiger partial charge < -0.3 is 9.47 Å². The van der Waals surface area contributed by atoms with Crippen LogP contribution in [0.3, 0.4) is 0 Å². The molecule has 4 rings (SSSR count). The zero-order valence-electron chi connectivity index (χ0n) is 16.6. The predicted molar refractivity (Wildman–Crippen MR) is 109 cm³/mol. The third kappa shape index (κ3) is 4.42. The molecular weight excluding hydrogens is 431 g/mol. The van der Waals surface area contributed by atoms with Gasteiger partial charge in [-0.15, -0.1) is 0 Å². The van der Waals surface area contributed by atoms with E-state index in [1.54, 1.807) is 6.92 Å². The van der Waals surface area contributed by atoms with Gasteiger partial charge in [0.1, 0.15) is 17.5 Å². The van der Waals surface area contributed by atoms with E-state index in [9.17, 15) is 21.6 Å². The van der Waals surface area contributed by atoms with Gasteiger partial charge in [0.05, 0.1) is 10.5 Å². The van der Waals surface area contributed by atoms with Gasteiger partial charge in [0.2, 0.25) is 10.0 Å². The first-order chi connectivity index (χ1) is 14.6. The van der Waals surface area contributed by atoms with Gasteiger partial charge in [0.25, 0.3) is 0 Å². The molecule has 7 nitrogen and oxygen atoms in total. The first kappa shape index (κ1) is 21.3. The Kier molecular flexibility index (Phi) is 5.48. The van der Waals surface area contributed by atoms with E-state index in [1.165, 1.54) is 10.4 Å². The highest BCUT2D eigenvalue weighted by atomic mass is 32.2. The number of halogens is 3. The molecule has 1 fully saturated rings. The quantitative estimate of drug-likeness (QED) is 0.610. The Morgan fingerprint density at radius 1 is 0.903 bits per heavy atom. The second-order valence-electron chi connectivity index (χ2n) is 7.14. The second kappa shape index (κ2) is 7.97. The molecule has 1 aliphatic rings. The van der Waals surface area contributed by atoms with Crippen LogP contribution in [-0.2, 0) is 16.2 Å². The van der Waals surface area contributed by atoms with Crippen molar-refractivity contribution in [1.82, 2.24) is 18.8 Å². The van der Waals surface area contributed by atoms with Gasteiger partial charge in [-0.25, -0.2) is 18.4 Å². The molecule has 0 amide bonds. The fourth-order valence-corrected chi connectivity index (χ4v) is 4.93. The summed E-state index contributed by atoms with van der Waals surface area (Å²) in [5, 5.41) is 0. The van der Waals surface area contributed by atoms with Crippen molar-refractivity contribution in [3.63, 3.8) is 0 Å². The lowest BCUT2D eigenvalue weighted by atomic mass is 10.2. The smallest absolute Gasteiger partial charge is 0.354 e. The Morgan fingerprint density at radius 2 is 1.55 bits per heavy atom. The number of rotatable bonds is 4. The van der Waals surface area contributed by atoms with Gasteiger partial charge in [0, 0.05) is 44.6 Å². The normalized spacial score (nSPS) is 15.9. The number of benzene rings is 1. The molecule has 31 heavy (non-hydrogen) atoms. The number of sulfonamides is 1. The molecule has 0 aliphatic carbocycles. The number of aromatic nitrogens is 3. The largest absolute Gasteiger partial charge is 0.416 e. The second-order valence-corrected chi connectivity index (χ2v) is 9.08. The van der Waals surface area contributed by atoms with Gasteiger partial charge in [-0.05, 0) is 37.3 Å². The van der Waals surface area contributed by atoms with Crippen molar-refractivity contribution in [1.29, 1.82) is 0 Å². The van der Waals surface area contributed by atoms with Crippen molar-refractivity contribution in [2.24, 2.45) is 0 Å². The van der Waals surface area contributed by atoms with E-state index in [0.29, 0.717) is 36.6 Å². The van der Waals surface area contributed by atoms with E-state index in [-0.39, 0.29) is 18.0 Å². The minimum absolute atomic E-state index is 0.139. The third-order valence-electron chi connectivity index (χ3n) is 5.04. The van der Waals surface area contributed by atoms with Crippen LogP contribution in [0.1, 0.15) is 11.4 Å². The monoisotopic (exact) mass is 451 g/mol. The fourth-order valence-electron chi connectivity index (χ4n) is 3.46. The van der Waals surface area contributed by atoms with Crippen molar-refractivity contribution < 1.29 is 21.6 Å². The summed E-state index contributed by atoms with van der Waals surface area (Å²) in [7, 11) is -4.03. The Labute approximate surface area is 177 Å². The van der Waals surface area contributed by atoms with Gasteiger partial charge in [0.15, 0.2) is 0 Å². The lowest BCUT2D eigenvalue weighted by Gasteiger charge is -2.34. The Hall–Kier alpha value is -2.92. The lowest BCUT2D eigenvalue weighted by molar-refractivity contribution is -0.137. The first-order valence-corrected chi connectivity index (χ1v) is 11.0. The lowest BCUT2D eigenvalue weighted by Crippen LogP contribution is -2.49. The van der Waals surface area contributed by atoms with E-state index in [1.807, 2.05) is 40.1 Å². The summed E-state index contributed by atoms with van der Waals surface area (Å²) in [6, 6.07) is 9.43. The Bertz CT molecular complexity index is 1170. The SMILES string of the molecule is Cc1nc(N2CCN(S(=O)(=O)c3cccc(C(F)(F)F)c3)CC2)cc(-n2cccc2)n1. The van der Waals surface area contributed by atoms with Gasteiger partial charge >= 0.3 is 6.18 Å². The number of hydrogen-bond donors (Lipinski definition) is 0. The summed E-state index contributed by atoms with van der Waals surface area (Å²) in [6.45, 7) is 2.78. The molecule has 0 radical (unpaired) electrons. The van der Waals surface area contributed by atoms with Gasteiger partial charge in [-0.3, -0.25) is 0 Å². The first-order valence-electron chi connectivity index (χ1n) is 9.56. The molecular formula is C20H20F3N5O2S. The highest BCUT2D eigenvalue weighted by Gasteiger charge is 2.34. The van der Waals surface area contributed by atoms with E-state index in [0.717, 1.165) is 12.1 Å². The van der Waals surface area contributed by atoms with E-state index >= 15 is 0 Å². The summed E-state index contributed by atoms with van der Waals surface area (Å²) in [5.41, 5.74) is -0.985. The number of piperazine rings is 1. The summed E-state index contributed by atoms with van der Waals surface area (Å²) in [6.07, 6.45) is -0.872. The summed E-state index contributed by atoms with van der Waals surface area (Å²) < 4.78 is 67.8. The number of anilines is 1. The molecule has 2 aromatic heterocycles. The van der Waals surface area contributed by atoms with Crippen molar-refractivity contribution in [3.8, 4) is 5.82 Å². The molecule has 0 unspecified atom stereocenters. The van der Waals surface area contributed by atoms with Crippen LogP contribution in [0.25, 0.3) is 5.82 Å².